The van der Waals surface area contributed by atoms with Crippen molar-refractivity contribution in [3.05, 3.63) is 60.0 Å². The molecule has 0 saturated heterocycles. The Balaban J connectivity index is 2.22. The number of rotatable bonds is 2. The van der Waals surface area contributed by atoms with Crippen molar-refractivity contribution in [2.45, 2.75) is 6.92 Å². The summed E-state index contributed by atoms with van der Waals surface area (Å²) in [7, 11) is 0. The molecule has 0 N–H and O–H groups in total. The van der Waals surface area contributed by atoms with Gasteiger partial charge in [-0.05, 0) is 24.1 Å². The molecule has 0 aliphatic heterocycles. The lowest BCUT2D eigenvalue weighted by Gasteiger charge is -2.08. The van der Waals surface area contributed by atoms with Crippen molar-refractivity contribution in [2.24, 2.45) is 0 Å². The Morgan fingerprint density at radius 3 is 2.72 bits per heavy atom. The Bertz CT molecular complexity index is 646. The number of hydrogen-bond donors (Lipinski definition) is 0. The SMILES string of the molecule is Cc1cc(-c2ccccc2)c(-c2cncs2)[c]n1. The normalized spacial score (nSPS) is 10.5. The largest absolute Gasteiger partial charge is 0.252 e. The third kappa shape index (κ3) is 2.05. The van der Waals surface area contributed by atoms with Crippen LogP contribution < -0.4 is 0 Å². The molecule has 0 fully saturated rings. The fraction of sp³-hybridized carbons (Fsp3) is 0.0667. The van der Waals surface area contributed by atoms with Gasteiger partial charge >= 0.3 is 0 Å². The van der Waals surface area contributed by atoms with E-state index >= 15 is 0 Å². The van der Waals surface area contributed by atoms with Crippen LogP contribution in [0, 0.1) is 13.1 Å². The molecule has 0 aliphatic rings. The Kier molecular flexibility index (Phi) is 2.90. The van der Waals surface area contributed by atoms with Crippen LogP contribution in [0.5, 0.6) is 0 Å². The van der Waals surface area contributed by atoms with Crippen molar-refractivity contribution >= 4 is 11.3 Å². The molecule has 2 aromatic heterocycles. The first-order valence-electron chi connectivity index (χ1n) is 5.68. The maximum absolute atomic E-state index is 4.28. The van der Waals surface area contributed by atoms with Gasteiger partial charge in [-0.1, -0.05) is 30.3 Å². The van der Waals surface area contributed by atoms with Crippen molar-refractivity contribution in [3.63, 3.8) is 0 Å². The number of aromatic nitrogens is 2. The van der Waals surface area contributed by atoms with Crippen LogP contribution in [0.15, 0.2) is 48.1 Å². The highest BCUT2D eigenvalue weighted by atomic mass is 32.1. The summed E-state index contributed by atoms with van der Waals surface area (Å²) >= 11 is 1.61. The van der Waals surface area contributed by atoms with Gasteiger partial charge in [0.2, 0.25) is 0 Å². The number of hydrogen-bond acceptors (Lipinski definition) is 3. The highest BCUT2D eigenvalue weighted by molar-refractivity contribution is 7.13. The van der Waals surface area contributed by atoms with E-state index in [-0.39, 0.29) is 0 Å². The molecule has 0 saturated carbocycles. The molecule has 87 valence electrons. The number of thiazole rings is 1. The van der Waals surface area contributed by atoms with E-state index in [1.165, 1.54) is 5.56 Å². The van der Waals surface area contributed by atoms with Gasteiger partial charge in [-0.2, -0.15) is 0 Å². The molecule has 0 bridgehead atoms. The molecule has 0 atom stereocenters. The molecule has 3 heteroatoms. The molecule has 0 amide bonds. The summed E-state index contributed by atoms with van der Waals surface area (Å²) in [6, 6.07) is 12.4. The molecule has 2 nitrogen and oxygen atoms in total. The number of benzene rings is 1. The maximum Gasteiger partial charge on any atom is 0.0989 e. The quantitative estimate of drug-likeness (QED) is 0.688. The molecule has 3 rings (SSSR count). The lowest BCUT2D eigenvalue weighted by atomic mass is 10.0. The van der Waals surface area contributed by atoms with E-state index in [4.69, 9.17) is 0 Å². The minimum Gasteiger partial charge on any atom is -0.252 e. The number of aryl methyl sites for hydroxylation is 1. The smallest absolute Gasteiger partial charge is 0.0989 e. The van der Waals surface area contributed by atoms with Gasteiger partial charge in [0.25, 0.3) is 0 Å². The van der Waals surface area contributed by atoms with Gasteiger partial charge < -0.3 is 0 Å². The zero-order chi connectivity index (χ0) is 12.4. The van der Waals surface area contributed by atoms with E-state index in [1.54, 1.807) is 11.3 Å². The van der Waals surface area contributed by atoms with Gasteiger partial charge in [-0.3, -0.25) is 9.97 Å². The van der Waals surface area contributed by atoms with Crippen LogP contribution in [-0.2, 0) is 0 Å². The second kappa shape index (κ2) is 4.70. The Labute approximate surface area is 110 Å². The molecular weight excluding hydrogens is 240 g/mol. The Morgan fingerprint density at radius 1 is 1.17 bits per heavy atom. The Hall–Kier alpha value is -2.00. The topological polar surface area (TPSA) is 25.8 Å². The predicted octanol–water partition coefficient (Wildman–Crippen LogP) is 3.98. The van der Waals surface area contributed by atoms with E-state index in [1.807, 2.05) is 36.8 Å². The first-order chi connectivity index (χ1) is 8.84. The molecule has 1 aromatic carbocycles. The van der Waals surface area contributed by atoms with Crippen molar-refractivity contribution in [2.75, 3.05) is 0 Å². The lowest BCUT2D eigenvalue weighted by Crippen LogP contribution is -1.88. The molecule has 1 radical (unpaired) electrons. The van der Waals surface area contributed by atoms with Crippen LogP contribution in [0.2, 0.25) is 0 Å². The van der Waals surface area contributed by atoms with Crippen molar-refractivity contribution < 1.29 is 0 Å². The molecule has 18 heavy (non-hydrogen) atoms. The van der Waals surface area contributed by atoms with Crippen LogP contribution in [0.1, 0.15) is 5.69 Å². The van der Waals surface area contributed by atoms with E-state index in [0.29, 0.717) is 0 Å². The summed E-state index contributed by atoms with van der Waals surface area (Å²) in [5.74, 6) is 0. The zero-order valence-electron chi connectivity index (χ0n) is 9.92. The summed E-state index contributed by atoms with van der Waals surface area (Å²) in [5.41, 5.74) is 6.17. The van der Waals surface area contributed by atoms with Crippen LogP contribution in [0.4, 0.5) is 0 Å². The molecule has 0 spiro atoms. The second-order valence-corrected chi connectivity index (χ2v) is 4.92. The van der Waals surface area contributed by atoms with Gasteiger partial charge in [-0.15, -0.1) is 11.3 Å². The average Bonchev–Trinajstić information content (AvgIpc) is 2.93. The number of pyridine rings is 1. The van der Waals surface area contributed by atoms with Gasteiger partial charge in [0.05, 0.1) is 16.6 Å². The van der Waals surface area contributed by atoms with Gasteiger partial charge in [0.1, 0.15) is 0 Å². The van der Waals surface area contributed by atoms with Crippen LogP contribution in [0.25, 0.3) is 21.6 Å². The average molecular weight is 251 g/mol. The van der Waals surface area contributed by atoms with Gasteiger partial charge in [0.15, 0.2) is 0 Å². The van der Waals surface area contributed by atoms with Gasteiger partial charge in [0, 0.05) is 17.5 Å². The minimum atomic E-state index is 0.974. The highest BCUT2D eigenvalue weighted by Gasteiger charge is 2.10. The minimum absolute atomic E-state index is 0.974. The summed E-state index contributed by atoms with van der Waals surface area (Å²) in [5, 5.41) is 0. The van der Waals surface area contributed by atoms with Gasteiger partial charge in [-0.25, -0.2) is 0 Å². The maximum atomic E-state index is 4.28. The van der Waals surface area contributed by atoms with Crippen molar-refractivity contribution in [3.8, 4) is 21.6 Å². The van der Waals surface area contributed by atoms with E-state index < -0.39 is 0 Å². The van der Waals surface area contributed by atoms with Crippen molar-refractivity contribution in [1.82, 2.24) is 9.97 Å². The third-order valence-electron chi connectivity index (χ3n) is 2.73. The van der Waals surface area contributed by atoms with E-state index in [9.17, 15) is 0 Å². The molecule has 2 heterocycles. The third-order valence-corrected chi connectivity index (χ3v) is 3.52. The first-order valence-corrected chi connectivity index (χ1v) is 6.56. The molecule has 0 aliphatic carbocycles. The van der Waals surface area contributed by atoms with Crippen LogP contribution >= 0.6 is 11.3 Å². The first kappa shape index (κ1) is 11.1. The van der Waals surface area contributed by atoms with Crippen LogP contribution in [0.3, 0.4) is 0 Å². The molecule has 3 aromatic rings. The summed E-state index contributed by atoms with van der Waals surface area (Å²) in [6.45, 7) is 1.99. The molecular formula is C15H11N2S. The standard InChI is InChI=1S/C15H11N2S/c1-11-7-13(12-5-3-2-4-6-12)14(8-17-11)15-9-16-10-18-15/h2-7,9-10H,1H3. The van der Waals surface area contributed by atoms with E-state index in [2.05, 4.69) is 34.4 Å². The highest BCUT2D eigenvalue weighted by Crippen LogP contribution is 2.33. The molecule has 0 unspecified atom stereocenters. The zero-order valence-corrected chi connectivity index (χ0v) is 10.7. The summed E-state index contributed by atoms with van der Waals surface area (Å²) < 4.78 is 0. The fourth-order valence-corrected chi connectivity index (χ4v) is 2.52. The fourth-order valence-electron chi connectivity index (χ4n) is 1.89. The lowest BCUT2D eigenvalue weighted by molar-refractivity contribution is 1.19. The number of nitrogens with zero attached hydrogens (tertiary/aromatic N) is 2. The summed E-state index contributed by atoms with van der Waals surface area (Å²) in [4.78, 5) is 9.50. The Morgan fingerprint density at radius 2 is 2.00 bits per heavy atom. The summed E-state index contributed by atoms with van der Waals surface area (Å²) in [6.07, 6.45) is 4.99. The predicted molar refractivity (Wildman–Crippen MR) is 74.4 cm³/mol. The monoisotopic (exact) mass is 251 g/mol. The van der Waals surface area contributed by atoms with E-state index in [0.717, 1.165) is 21.7 Å². The van der Waals surface area contributed by atoms with Crippen LogP contribution in [-0.4, -0.2) is 9.97 Å². The van der Waals surface area contributed by atoms with Crippen molar-refractivity contribution in [1.29, 1.82) is 0 Å². The second-order valence-electron chi connectivity index (χ2n) is 4.03.